The van der Waals surface area contributed by atoms with E-state index in [-0.39, 0.29) is 11.8 Å². The third kappa shape index (κ3) is 2.63. The van der Waals surface area contributed by atoms with E-state index in [1.165, 1.54) is 10.4 Å². The van der Waals surface area contributed by atoms with Crippen molar-refractivity contribution in [1.82, 2.24) is 15.0 Å². The van der Waals surface area contributed by atoms with Crippen molar-refractivity contribution in [3.8, 4) is 11.4 Å². The van der Waals surface area contributed by atoms with Gasteiger partial charge < -0.3 is 9.42 Å². The van der Waals surface area contributed by atoms with Crippen LogP contribution in [0.1, 0.15) is 31.9 Å². The second-order valence-corrected chi connectivity index (χ2v) is 7.34. The zero-order valence-corrected chi connectivity index (χ0v) is 14.3. The molecule has 0 saturated carbocycles. The van der Waals surface area contributed by atoms with Crippen molar-refractivity contribution in [2.24, 2.45) is 0 Å². The number of aryl methyl sites for hydroxylation is 2. The number of hydrogen-bond acceptors (Lipinski definition) is 5. The lowest BCUT2D eigenvalue weighted by Crippen LogP contribution is -2.48. The molecule has 1 aliphatic heterocycles. The van der Waals surface area contributed by atoms with E-state index >= 15 is 0 Å². The van der Waals surface area contributed by atoms with Gasteiger partial charge in [0.25, 0.3) is 5.91 Å². The quantitative estimate of drug-likeness (QED) is 0.731. The number of nitrogens with zero attached hydrogens (tertiary/aromatic N) is 3. The predicted molar refractivity (Wildman–Crippen MR) is 92.2 cm³/mol. The Morgan fingerprint density at radius 1 is 1.25 bits per heavy atom. The van der Waals surface area contributed by atoms with Crippen LogP contribution in [0.25, 0.3) is 11.4 Å². The van der Waals surface area contributed by atoms with Crippen LogP contribution >= 0.6 is 11.3 Å². The van der Waals surface area contributed by atoms with Crippen molar-refractivity contribution in [3.05, 3.63) is 57.6 Å². The first-order valence-corrected chi connectivity index (χ1v) is 8.69. The number of amides is 1. The molecule has 2 aromatic heterocycles. The van der Waals surface area contributed by atoms with Crippen molar-refractivity contribution in [2.45, 2.75) is 19.8 Å². The predicted octanol–water partition coefficient (Wildman–Crippen LogP) is 3.65. The summed E-state index contributed by atoms with van der Waals surface area (Å²) < 4.78 is 5.38. The summed E-state index contributed by atoms with van der Waals surface area (Å²) in [6.07, 6.45) is 0. The lowest BCUT2D eigenvalue weighted by atomic mass is 10.00. The molecule has 0 atom stereocenters. The van der Waals surface area contributed by atoms with Crippen molar-refractivity contribution in [1.29, 1.82) is 0 Å². The Hall–Kier alpha value is -2.47. The summed E-state index contributed by atoms with van der Waals surface area (Å²) in [5.74, 6) is 1.42. The molecule has 1 aliphatic rings. The maximum atomic E-state index is 12.5. The number of carbonyl (C=O) groups is 1. The van der Waals surface area contributed by atoms with E-state index in [1.807, 2.05) is 55.1 Å². The molecule has 0 spiro atoms. The largest absolute Gasteiger partial charge is 0.339 e. The van der Waals surface area contributed by atoms with Crippen LogP contribution in [-0.2, 0) is 0 Å². The molecule has 0 bridgehead atoms. The summed E-state index contributed by atoms with van der Waals surface area (Å²) in [4.78, 5) is 20.8. The second kappa shape index (κ2) is 5.87. The third-order valence-electron chi connectivity index (χ3n) is 4.37. The highest BCUT2D eigenvalue weighted by Crippen LogP contribution is 2.30. The lowest BCUT2D eigenvalue weighted by molar-refractivity contribution is 0.0574. The van der Waals surface area contributed by atoms with Gasteiger partial charge in [-0.05, 0) is 25.5 Å². The van der Waals surface area contributed by atoms with Gasteiger partial charge in [0.05, 0.1) is 10.8 Å². The summed E-state index contributed by atoms with van der Waals surface area (Å²) in [5, 5.41) is 4.04. The minimum absolute atomic E-state index is 0.0928. The SMILES string of the molecule is Cc1cc(C(=O)N2CC(c3nc(-c4ccccc4)no3)C2)sc1C. The number of carbonyl (C=O) groups excluding carboxylic acids is 1. The van der Waals surface area contributed by atoms with E-state index in [0.29, 0.717) is 24.8 Å². The number of thiophene rings is 1. The molecule has 1 aromatic carbocycles. The maximum Gasteiger partial charge on any atom is 0.263 e. The van der Waals surface area contributed by atoms with Gasteiger partial charge >= 0.3 is 0 Å². The van der Waals surface area contributed by atoms with Crippen LogP contribution < -0.4 is 0 Å². The number of rotatable bonds is 3. The van der Waals surface area contributed by atoms with E-state index in [2.05, 4.69) is 10.1 Å². The van der Waals surface area contributed by atoms with Crippen molar-refractivity contribution >= 4 is 17.2 Å². The van der Waals surface area contributed by atoms with Gasteiger partial charge in [-0.2, -0.15) is 4.98 Å². The summed E-state index contributed by atoms with van der Waals surface area (Å²) in [6.45, 7) is 5.33. The highest BCUT2D eigenvalue weighted by atomic mass is 32.1. The smallest absolute Gasteiger partial charge is 0.263 e. The van der Waals surface area contributed by atoms with Gasteiger partial charge in [0.15, 0.2) is 0 Å². The Morgan fingerprint density at radius 2 is 2.00 bits per heavy atom. The van der Waals surface area contributed by atoms with Gasteiger partial charge in [0.1, 0.15) is 0 Å². The van der Waals surface area contributed by atoms with Gasteiger partial charge in [-0.3, -0.25) is 4.79 Å². The fourth-order valence-electron chi connectivity index (χ4n) is 2.74. The Kier molecular flexibility index (Phi) is 3.69. The molecule has 0 aliphatic carbocycles. The first kappa shape index (κ1) is 15.1. The monoisotopic (exact) mass is 339 g/mol. The fourth-order valence-corrected chi connectivity index (χ4v) is 3.74. The van der Waals surface area contributed by atoms with Crippen LogP contribution in [0.3, 0.4) is 0 Å². The lowest BCUT2D eigenvalue weighted by Gasteiger charge is -2.36. The zero-order chi connectivity index (χ0) is 16.7. The Morgan fingerprint density at radius 3 is 2.67 bits per heavy atom. The molecular weight excluding hydrogens is 322 g/mol. The standard InChI is InChI=1S/C18H17N3O2S/c1-11-8-15(24-12(11)2)18(22)21-9-14(10-21)17-19-16(20-23-17)13-6-4-3-5-7-13/h3-8,14H,9-10H2,1-2H3. The first-order valence-electron chi connectivity index (χ1n) is 7.87. The Labute approximate surface area is 143 Å². The Balaban J connectivity index is 1.43. The molecule has 0 N–H and O–H groups in total. The third-order valence-corrected chi connectivity index (χ3v) is 5.51. The zero-order valence-electron chi connectivity index (χ0n) is 13.5. The molecule has 0 unspecified atom stereocenters. The van der Waals surface area contributed by atoms with Gasteiger partial charge in [-0.1, -0.05) is 35.5 Å². The highest BCUT2D eigenvalue weighted by molar-refractivity contribution is 7.14. The van der Waals surface area contributed by atoms with E-state index in [9.17, 15) is 4.79 Å². The van der Waals surface area contributed by atoms with Crippen molar-refractivity contribution in [2.75, 3.05) is 13.1 Å². The fraction of sp³-hybridized carbons (Fsp3) is 0.278. The topological polar surface area (TPSA) is 59.2 Å². The van der Waals surface area contributed by atoms with Crippen LogP contribution in [0.4, 0.5) is 0 Å². The van der Waals surface area contributed by atoms with E-state index < -0.39 is 0 Å². The number of aromatic nitrogens is 2. The highest BCUT2D eigenvalue weighted by Gasteiger charge is 2.36. The molecular formula is C18H17N3O2S. The van der Waals surface area contributed by atoms with Crippen LogP contribution in [-0.4, -0.2) is 34.0 Å². The summed E-state index contributed by atoms with van der Waals surface area (Å²) >= 11 is 1.56. The van der Waals surface area contributed by atoms with E-state index in [1.54, 1.807) is 11.3 Å². The van der Waals surface area contributed by atoms with Crippen molar-refractivity contribution < 1.29 is 9.32 Å². The van der Waals surface area contributed by atoms with E-state index in [0.717, 1.165) is 10.4 Å². The average Bonchev–Trinajstić information content (AvgIpc) is 3.15. The molecule has 6 heteroatoms. The molecule has 1 fully saturated rings. The normalized spacial score (nSPS) is 14.7. The van der Waals surface area contributed by atoms with Gasteiger partial charge in [-0.25, -0.2) is 0 Å². The van der Waals surface area contributed by atoms with Crippen LogP contribution in [0.2, 0.25) is 0 Å². The molecule has 4 rings (SSSR count). The van der Waals surface area contributed by atoms with Crippen LogP contribution in [0.5, 0.6) is 0 Å². The van der Waals surface area contributed by atoms with Gasteiger partial charge in [0, 0.05) is 23.5 Å². The first-order chi connectivity index (χ1) is 11.6. The minimum atomic E-state index is 0.0928. The summed E-state index contributed by atoms with van der Waals surface area (Å²) in [7, 11) is 0. The molecule has 24 heavy (non-hydrogen) atoms. The van der Waals surface area contributed by atoms with E-state index in [4.69, 9.17) is 4.52 Å². The molecule has 3 aromatic rings. The molecule has 1 saturated heterocycles. The second-order valence-electron chi connectivity index (χ2n) is 6.08. The number of hydrogen-bond donors (Lipinski definition) is 0. The number of likely N-dealkylation sites (tertiary alicyclic amines) is 1. The van der Waals surface area contributed by atoms with Crippen LogP contribution in [0.15, 0.2) is 40.9 Å². The van der Waals surface area contributed by atoms with Gasteiger partial charge in [0.2, 0.25) is 11.7 Å². The summed E-state index contributed by atoms with van der Waals surface area (Å²) in [5.41, 5.74) is 2.11. The Bertz CT molecular complexity index is 859. The molecule has 3 heterocycles. The van der Waals surface area contributed by atoms with Gasteiger partial charge in [-0.15, -0.1) is 11.3 Å². The maximum absolute atomic E-state index is 12.5. The van der Waals surface area contributed by atoms with Crippen LogP contribution in [0, 0.1) is 13.8 Å². The summed E-state index contributed by atoms with van der Waals surface area (Å²) in [6, 6.07) is 11.7. The molecule has 122 valence electrons. The number of benzene rings is 1. The average molecular weight is 339 g/mol. The molecule has 0 radical (unpaired) electrons. The minimum Gasteiger partial charge on any atom is -0.339 e. The molecule has 1 amide bonds. The van der Waals surface area contributed by atoms with Crippen molar-refractivity contribution in [3.63, 3.8) is 0 Å². The molecule has 5 nitrogen and oxygen atoms in total.